The van der Waals surface area contributed by atoms with Crippen LogP contribution < -0.4 is 0 Å². The topological polar surface area (TPSA) is 54.7 Å². The van der Waals surface area contributed by atoms with Gasteiger partial charge in [0.25, 0.3) is 0 Å². The van der Waals surface area contributed by atoms with Crippen LogP contribution in [0.15, 0.2) is 53.6 Å². The highest BCUT2D eigenvalue weighted by Crippen LogP contribution is 2.26. The van der Waals surface area contributed by atoms with Gasteiger partial charge < -0.3 is 9.30 Å². The fourth-order valence-corrected chi connectivity index (χ4v) is 3.22. The van der Waals surface area contributed by atoms with E-state index in [4.69, 9.17) is 4.98 Å². The summed E-state index contributed by atoms with van der Waals surface area (Å²) >= 11 is 0. The second-order valence-corrected chi connectivity index (χ2v) is 7.89. The fourth-order valence-electron chi connectivity index (χ4n) is 2.59. The lowest BCUT2D eigenvalue weighted by atomic mass is 10.1. The molecule has 0 spiro atoms. The summed E-state index contributed by atoms with van der Waals surface area (Å²) in [6.45, 7) is 0.744. The minimum atomic E-state index is -3.19. The summed E-state index contributed by atoms with van der Waals surface area (Å²) in [5.41, 5.74) is 3.76. The lowest BCUT2D eigenvalue weighted by molar-refractivity contribution is 0.396. The van der Waals surface area contributed by atoms with Crippen LogP contribution in [0.2, 0.25) is 0 Å². The molecule has 120 valence electrons. The summed E-state index contributed by atoms with van der Waals surface area (Å²) in [4.78, 5) is 7.12. The maximum Gasteiger partial charge on any atom is 0.175 e. The molecule has 0 saturated heterocycles. The molecule has 0 saturated carbocycles. The predicted molar refractivity (Wildman–Crippen MR) is 91.1 cm³/mol. The molecular formula is C17H19N3O2S. The van der Waals surface area contributed by atoms with E-state index in [1.165, 1.54) is 6.26 Å². The Labute approximate surface area is 136 Å². The zero-order chi connectivity index (χ0) is 16.6. The number of nitrogens with zero attached hydrogens (tertiary/aromatic N) is 3. The van der Waals surface area contributed by atoms with Gasteiger partial charge in [-0.2, -0.15) is 0 Å². The van der Waals surface area contributed by atoms with Gasteiger partial charge in [0.2, 0.25) is 0 Å². The van der Waals surface area contributed by atoms with Crippen LogP contribution in [-0.2, 0) is 16.4 Å². The van der Waals surface area contributed by atoms with E-state index in [0.717, 1.165) is 29.1 Å². The number of benzene rings is 1. The smallest absolute Gasteiger partial charge is 0.175 e. The van der Waals surface area contributed by atoms with Crippen LogP contribution >= 0.6 is 0 Å². The minimum absolute atomic E-state index is 0.319. The van der Waals surface area contributed by atoms with Crippen LogP contribution in [0.4, 0.5) is 0 Å². The van der Waals surface area contributed by atoms with Gasteiger partial charge in [-0.1, -0.05) is 18.2 Å². The number of hydrogen-bond acceptors (Lipinski definition) is 4. The molecule has 1 aromatic carbocycles. The number of sulfone groups is 1. The average molecular weight is 329 g/mol. The first-order valence-corrected chi connectivity index (χ1v) is 9.16. The molecule has 3 rings (SSSR count). The molecule has 6 heteroatoms. The van der Waals surface area contributed by atoms with Crippen molar-refractivity contribution in [3.63, 3.8) is 0 Å². The van der Waals surface area contributed by atoms with Crippen molar-refractivity contribution in [2.45, 2.75) is 11.4 Å². The summed E-state index contributed by atoms with van der Waals surface area (Å²) < 4.78 is 25.3. The van der Waals surface area contributed by atoms with Crippen molar-refractivity contribution in [3.05, 3.63) is 54.4 Å². The fraction of sp³-hybridized carbons (Fsp3) is 0.235. The number of aromatic nitrogens is 2. The van der Waals surface area contributed by atoms with Crippen molar-refractivity contribution >= 4 is 15.5 Å². The molecule has 23 heavy (non-hydrogen) atoms. The molecule has 0 amide bonds. The van der Waals surface area contributed by atoms with E-state index < -0.39 is 9.84 Å². The zero-order valence-corrected chi connectivity index (χ0v) is 14.2. The van der Waals surface area contributed by atoms with Crippen LogP contribution in [-0.4, -0.2) is 43.1 Å². The van der Waals surface area contributed by atoms with E-state index in [1.54, 1.807) is 12.1 Å². The molecule has 0 aliphatic carbocycles. The lowest BCUT2D eigenvalue weighted by Gasteiger charge is -2.11. The number of fused-ring (bicyclic) bond motifs is 1. The van der Waals surface area contributed by atoms with Crippen molar-refractivity contribution in [1.29, 1.82) is 0 Å². The van der Waals surface area contributed by atoms with Gasteiger partial charge in [-0.15, -0.1) is 0 Å². The predicted octanol–water partition coefficient (Wildman–Crippen LogP) is 2.47. The molecule has 2 aromatic heterocycles. The Morgan fingerprint density at radius 1 is 1.09 bits per heavy atom. The largest absolute Gasteiger partial charge is 0.304 e. The summed E-state index contributed by atoms with van der Waals surface area (Å²) in [5.74, 6) is 0. The van der Waals surface area contributed by atoms with Gasteiger partial charge in [0.1, 0.15) is 5.65 Å². The molecule has 5 nitrogen and oxygen atoms in total. The summed E-state index contributed by atoms with van der Waals surface area (Å²) in [6.07, 6.45) is 3.21. The normalized spacial score (nSPS) is 12.2. The third kappa shape index (κ3) is 3.13. The number of imidazole rings is 1. The van der Waals surface area contributed by atoms with Crippen molar-refractivity contribution in [2.75, 3.05) is 20.4 Å². The molecule has 0 radical (unpaired) electrons. The molecule has 2 heterocycles. The van der Waals surface area contributed by atoms with Crippen LogP contribution in [0.25, 0.3) is 16.9 Å². The van der Waals surface area contributed by atoms with Crippen molar-refractivity contribution < 1.29 is 8.42 Å². The van der Waals surface area contributed by atoms with Gasteiger partial charge in [0, 0.05) is 24.6 Å². The SMILES string of the molecule is CN(C)Cc1c(-c2ccc(S(C)(=O)=O)cc2)nc2ccccn12. The molecule has 0 fully saturated rings. The highest BCUT2D eigenvalue weighted by molar-refractivity contribution is 7.90. The molecule has 3 aromatic rings. The molecule has 0 atom stereocenters. The summed E-state index contributed by atoms with van der Waals surface area (Å²) in [6, 6.07) is 12.8. The Morgan fingerprint density at radius 3 is 2.39 bits per heavy atom. The highest BCUT2D eigenvalue weighted by Gasteiger charge is 2.15. The van der Waals surface area contributed by atoms with E-state index in [9.17, 15) is 8.42 Å². The number of rotatable bonds is 4. The van der Waals surface area contributed by atoms with Crippen molar-refractivity contribution in [3.8, 4) is 11.3 Å². The Balaban J connectivity index is 2.15. The molecule has 0 aliphatic heterocycles. The third-order valence-corrected chi connectivity index (χ3v) is 4.78. The Kier molecular flexibility index (Phi) is 3.95. The van der Waals surface area contributed by atoms with Crippen LogP contribution in [0.5, 0.6) is 0 Å². The van der Waals surface area contributed by atoms with Crippen molar-refractivity contribution in [2.24, 2.45) is 0 Å². The van der Waals surface area contributed by atoms with Gasteiger partial charge >= 0.3 is 0 Å². The van der Waals surface area contributed by atoms with Gasteiger partial charge in [-0.3, -0.25) is 0 Å². The summed E-state index contributed by atoms with van der Waals surface area (Å²) in [7, 11) is 0.836. The first-order valence-electron chi connectivity index (χ1n) is 7.27. The Morgan fingerprint density at radius 2 is 1.78 bits per heavy atom. The second-order valence-electron chi connectivity index (χ2n) is 5.87. The molecule has 0 unspecified atom stereocenters. The zero-order valence-electron chi connectivity index (χ0n) is 13.4. The van der Waals surface area contributed by atoms with E-state index in [0.29, 0.717) is 4.90 Å². The molecule has 0 N–H and O–H groups in total. The molecule has 0 aliphatic rings. The number of hydrogen-bond donors (Lipinski definition) is 0. The monoisotopic (exact) mass is 329 g/mol. The minimum Gasteiger partial charge on any atom is -0.304 e. The van der Waals surface area contributed by atoms with E-state index >= 15 is 0 Å². The van der Waals surface area contributed by atoms with Crippen LogP contribution in [0.3, 0.4) is 0 Å². The Hall–Kier alpha value is -2.18. The Bertz CT molecular complexity index is 942. The average Bonchev–Trinajstić information content (AvgIpc) is 2.85. The standard InChI is InChI=1S/C17H19N3O2S/c1-19(2)12-15-17(18-16-6-4-5-11-20(15)16)13-7-9-14(10-8-13)23(3,21)22/h4-11H,12H2,1-3H3. The molecule has 0 bridgehead atoms. The quantitative estimate of drug-likeness (QED) is 0.738. The van der Waals surface area contributed by atoms with E-state index in [1.807, 2.05) is 50.6 Å². The van der Waals surface area contributed by atoms with Gasteiger partial charge in [-0.05, 0) is 38.4 Å². The highest BCUT2D eigenvalue weighted by atomic mass is 32.2. The third-order valence-electron chi connectivity index (χ3n) is 3.65. The van der Waals surface area contributed by atoms with Crippen molar-refractivity contribution in [1.82, 2.24) is 14.3 Å². The first kappa shape index (κ1) is 15.7. The van der Waals surface area contributed by atoms with Gasteiger partial charge in [-0.25, -0.2) is 13.4 Å². The molecular weight excluding hydrogens is 310 g/mol. The number of pyridine rings is 1. The maximum atomic E-state index is 11.6. The first-order chi connectivity index (χ1) is 10.9. The van der Waals surface area contributed by atoms with Gasteiger partial charge in [0.05, 0.1) is 16.3 Å². The van der Waals surface area contributed by atoms with E-state index in [2.05, 4.69) is 9.30 Å². The summed E-state index contributed by atoms with van der Waals surface area (Å²) in [5, 5.41) is 0. The second kappa shape index (κ2) is 5.79. The lowest BCUT2D eigenvalue weighted by Crippen LogP contribution is -2.13. The van der Waals surface area contributed by atoms with E-state index in [-0.39, 0.29) is 0 Å². The van der Waals surface area contributed by atoms with Crippen LogP contribution in [0.1, 0.15) is 5.69 Å². The van der Waals surface area contributed by atoms with Crippen LogP contribution in [0, 0.1) is 0 Å². The maximum absolute atomic E-state index is 11.6. The van der Waals surface area contributed by atoms with Gasteiger partial charge in [0.15, 0.2) is 9.84 Å².